The summed E-state index contributed by atoms with van der Waals surface area (Å²) in [6.45, 7) is 3.86. The number of hydrogen-bond acceptors (Lipinski definition) is 7. The van der Waals surface area contributed by atoms with Crippen molar-refractivity contribution in [3.05, 3.63) is 65.5 Å². The first-order valence-electron chi connectivity index (χ1n) is 8.17. The number of anilines is 1. The van der Waals surface area contributed by atoms with Gasteiger partial charge >= 0.3 is 0 Å². The predicted octanol–water partition coefficient (Wildman–Crippen LogP) is 4.12. The van der Waals surface area contributed by atoms with Crippen molar-refractivity contribution >= 4 is 22.4 Å². The van der Waals surface area contributed by atoms with Crippen LogP contribution in [0.4, 0.5) is 5.13 Å². The molecule has 134 valence electrons. The number of aryl methyl sites for hydroxylation is 2. The molecule has 0 bridgehead atoms. The second kappa shape index (κ2) is 7.08. The summed E-state index contributed by atoms with van der Waals surface area (Å²) in [6, 6.07) is 7.55. The first kappa shape index (κ1) is 17.0. The van der Waals surface area contributed by atoms with E-state index in [1.54, 1.807) is 12.4 Å². The van der Waals surface area contributed by atoms with Crippen molar-refractivity contribution in [1.29, 1.82) is 0 Å². The maximum atomic E-state index is 12.6. The molecule has 0 aliphatic heterocycles. The highest BCUT2D eigenvalue weighted by atomic mass is 32.1. The van der Waals surface area contributed by atoms with E-state index in [-0.39, 0.29) is 5.76 Å². The summed E-state index contributed by atoms with van der Waals surface area (Å²) in [4.78, 5) is 29.8. The van der Waals surface area contributed by atoms with Crippen LogP contribution < -0.4 is 5.32 Å². The molecule has 0 aliphatic rings. The second-order valence-corrected chi connectivity index (χ2v) is 6.74. The van der Waals surface area contributed by atoms with Crippen LogP contribution in [0.25, 0.3) is 22.6 Å². The van der Waals surface area contributed by atoms with Crippen molar-refractivity contribution in [1.82, 2.24) is 19.9 Å². The van der Waals surface area contributed by atoms with Crippen molar-refractivity contribution in [2.45, 2.75) is 13.8 Å². The summed E-state index contributed by atoms with van der Waals surface area (Å²) in [7, 11) is 0. The van der Waals surface area contributed by atoms with Gasteiger partial charge in [0.05, 0.1) is 5.69 Å². The third-order valence-corrected chi connectivity index (χ3v) is 4.69. The fourth-order valence-electron chi connectivity index (χ4n) is 2.57. The van der Waals surface area contributed by atoms with Crippen molar-refractivity contribution in [2.75, 3.05) is 5.32 Å². The van der Waals surface area contributed by atoms with Gasteiger partial charge in [-0.05, 0) is 37.6 Å². The largest absolute Gasteiger partial charge is 0.438 e. The van der Waals surface area contributed by atoms with Crippen LogP contribution in [0.5, 0.6) is 0 Å². The van der Waals surface area contributed by atoms with Gasteiger partial charge in [-0.15, -0.1) is 11.3 Å². The molecule has 0 radical (unpaired) electrons. The number of pyridine rings is 2. The van der Waals surface area contributed by atoms with Gasteiger partial charge in [0, 0.05) is 29.0 Å². The standard InChI is InChI=1S/C19H15N5O2S/c1-11-4-3-7-20-15(11)14-9-27-19(23-14)24-18(25)17-16(22-10-26-17)13-6-5-12(2)21-8-13/h3-10H,1-2H3,(H,23,24,25). The summed E-state index contributed by atoms with van der Waals surface area (Å²) in [5.41, 5.74) is 4.56. The number of amides is 1. The zero-order valence-electron chi connectivity index (χ0n) is 14.6. The number of nitrogens with zero attached hydrogens (tertiary/aromatic N) is 4. The van der Waals surface area contributed by atoms with E-state index < -0.39 is 5.91 Å². The van der Waals surface area contributed by atoms with E-state index in [1.165, 1.54) is 17.7 Å². The average Bonchev–Trinajstić information content (AvgIpc) is 3.32. The van der Waals surface area contributed by atoms with E-state index in [4.69, 9.17) is 4.42 Å². The average molecular weight is 377 g/mol. The molecule has 8 heteroatoms. The van der Waals surface area contributed by atoms with Gasteiger partial charge in [0.25, 0.3) is 5.91 Å². The number of carbonyl (C=O) groups is 1. The smallest absolute Gasteiger partial charge is 0.295 e. The van der Waals surface area contributed by atoms with Crippen molar-refractivity contribution < 1.29 is 9.21 Å². The Morgan fingerprint density at radius 3 is 2.78 bits per heavy atom. The molecule has 0 saturated heterocycles. The molecule has 1 N–H and O–H groups in total. The van der Waals surface area contributed by atoms with E-state index in [1.807, 2.05) is 43.5 Å². The number of nitrogens with one attached hydrogen (secondary N) is 1. The minimum atomic E-state index is -0.415. The van der Waals surface area contributed by atoms with Gasteiger partial charge in [0.2, 0.25) is 5.76 Å². The Morgan fingerprint density at radius 2 is 2.00 bits per heavy atom. The fourth-order valence-corrected chi connectivity index (χ4v) is 3.26. The summed E-state index contributed by atoms with van der Waals surface area (Å²) in [6.07, 6.45) is 4.63. The van der Waals surface area contributed by atoms with E-state index >= 15 is 0 Å². The molecule has 0 spiro atoms. The Hall–Kier alpha value is -3.39. The SMILES string of the molecule is Cc1ccc(-c2ncoc2C(=O)Nc2nc(-c3ncccc3C)cs2)cn1. The minimum Gasteiger partial charge on any atom is -0.438 e. The summed E-state index contributed by atoms with van der Waals surface area (Å²) in [5, 5.41) is 5.08. The first-order valence-corrected chi connectivity index (χ1v) is 9.05. The van der Waals surface area contributed by atoms with Crippen LogP contribution in [0.3, 0.4) is 0 Å². The van der Waals surface area contributed by atoms with Gasteiger partial charge in [-0.3, -0.25) is 20.1 Å². The van der Waals surface area contributed by atoms with Gasteiger partial charge in [-0.25, -0.2) is 9.97 Å². The highest BCUT2D eigenvalue weighted by Crippen LogP contribution is 2.27. The number of rotatable bonds is 4. The monoisotopic (exact) mass is 377 g/mol. The molecule has 0 aliphatic carbocycles. The van der Waals surface area contributed by atoms with Gasteiger partial charge in [0.1, 0.15) is 11.4 Å². The molecule has 0 unspecified atom stereocenters. The van der Waals surface area contributed by atoms with E-state index in [0.29, 0.717) is 22.1 Å². The molecule has 4 heterocycles. The highest BCUT2D eigenvalue weighted by molar-refractivity contribution is 7.14. The van der Waals surface area contributed by atoms with Gasteiger partial charge in [0.15, 0.2) is 11.5 Å². The molecular formula is C19H15N5O2S. The van der Waals surface area contributed by atoms with Gasteiger partial charge in [-0.1, -0.05) is 6.07 Å². The zero-order valence-corrected chi connectivity index (χ0v) is 15.4. The van der Waals surface area contributed by atoms with Crippen LogP contribution in [-0.2, 0) is 0 Å². The lowest BCUT2D eigenvalue weighted by molar-refractivity contribution is 0.0997. The lowest BCUT2D eigenvalue weighted by Crippen LogP contribution is -2.12. The summed E-state index contributed by atoms with van der Waals surface area (Å²) >= 11 is 1.32. The fraction of sp³-hybridized carbons (Fsp3) is 0.105. The Balaban J connectivity index is 1.57. The third-order valence-electron chi connectivity index (χ3n) is 3.94. The van der Waals surface area contributed by atoms with Crippen LogP contribution in [-0.4, -0.2) is 25.8 Å². The van der Waals surface area contributed by atoms with Crippen LogP contribution in [0.1, 0.15) is 21.8 Å². The number of aromatic nitrogens is 4. The Kier molecular flexibility index (Phi) is 4.47. The quantitative estimate of drug-likeness (QED) is 0.575. The normalized spacial score (nSPS) is 10.7. The molecule has 0 saturated carbocycles. The lowest BCUT2D eigenvalue weighted by Gasteiger charge is -2.02. The molecule has 7 nitrogen and oxygen atoms in total. The Morgan fingerprint density at radius 1 is 1.11 bits per heavy atom. The summed E-state index contributed by atoms with van der Waals surface area (Å²) in [5.74, 6) is -0.298. The predicted molar refractivity (Wildman–Crippen MR) is 103 cm³/mol. The topological polar surface area (TPSA) is 93.8 Å². The van der Waals surface area contributed by atoms with Gasteiger partial charge in [-0.2, -0.15) is 0 Å². The molecule has 4 rings (SSSR count). The van der Waals surface area contributed by atoms with Crippen LogP contribution in [0, 0.1) is 13.8 Å². The van der Waals surface area contributed by atoms with Crippen LogP contribution in [0.2, 0.25) is 0 Å². The van der Waals surface area contributed by atoms with E-state index in [9.17, 15) is 4.79 Å². The number of oxazole rings is 1. The lowest BCUT2D eigenvalue weighted by atomic mass is 10.1. The molecule has 0 atom stereocenters. The Labute approximate surface area is 159 Å². The van der Waals surface area contributed by atoms with Crippen molar-refractivity contribution in [3.8, 4) is 22.6 Å². The number of carbonyl (C=O) groups excluding carboxylic acids is 1. The van der Waals surface area contributed by atoms with E-state index in [0.717, 1.165) is 17.0 Å². The third kappa shape index (κ3) is 3.47. The van der Waals surface area contributed by atoms with Crippen molar-refractivity contribution in [2.24, 2.45) is 0 Å². The zero-order chi connectivity index (χ0) is 18.8. The van der Waals surface area contributed by atoms with Crippen LogP contribution in [0.15, 0.2) is 52.9 Å². The molecule has 4 aromatic heterocycles. The minimum absolute atomic E-state index is 0.117. The maximum absolute atomic E-state index is 12.6. The molecule has 0 aromatic carbocycles. The highest BCUT2D eigenvalue weighted by Gasteiger charge is 2.20. The second-order valence-electron chi connectivity index (χ2n) is 5.88. The number of thiazole rings is 1. The molecule has 0 fully saturated rings. The molecule has 27 heavy (non-hydrogen) atoms. The molecular weight excluding hydrogens is 362 g/mol. The first-order chi connectivity index (χ1) is 13.1. The molecule has 1 amide bonds. The van der Waals surface area contributed by atoms with Gasteiger partial charge < -0.3 is 4.42 Å². The number of hydrogen-bond donors (Lipinski definition) is 1. The van der Waals surface area contributed by atoms with Crippen molar-refractivity contribution in [3.63, 3.8) is 0 Å². The van der Waals surface area contributed by atoms with E-state index in [2.05, 4.69) is 25.3 Å². The summed E-state index contributed by atoms with van der Waals surface area (Å²) < 4.78 is 5.31. The maximum Gasteiger partial charge on any atom is 0.295 e. The Bertz CT molecular complexity index is 1100. The molecule has 4 aromatic rings. The van der Waals surface area contributed by atoms with Crippen LogP contribution >= 0.6 is 11.3 Å².